The maximum Gasteiger partial charge on any atom is 0.344 e. The molecular weight excluding hydrogens is 276 g/mol. The average Bonchev–Trinajstić information content (AvgIpc) is 2.73. The number of carbonyl (C=O) groups excluding carboxylic acids is 2. The van der Waals surface area contributed by atoms with E-state index < -0.39 is 12.1 Å². The van der Waals surface area contributed by atoms with Crippen molar-refractivity contribution in [2.45, 2.75) is 50.2 Å². The molecule has 0 spiro atoms. The molecule has 0 radical (unpaired) electrons. The molecule has 3 aliphatic rings. The van der Waals surface area contributed by atoms with Crippen molar-refractivity contribution in [3.05, 3.63) is 0 Å². The monoisotopic (exact) mass is 298 g/mol. The molecular formula is C13H22N4O4. The van der Waals surface area contributed by atoms with Crippen molar-refractivity contribution >= 4 is 11.9 Å². The largest absolute Gasteiger partial charge is 0.344 e. The Balaban J connectivity index is 1.46. The van der Waals surface area contributed by atoms with Gasteiger partial charge >= 0.3 is 6.03 Å². The molecule has 3 heterocycles. The molecule has 21 heavy (non-hydrogen) atoms. The summed E-state index contributed by atoms with van der Waals surface area (Å²) >= 11 is 0. The van der Waals surface area contributed by atoms with Crippen LogP contribution < -0.4 is 10.8 Å². The summed E-state index contributed by atoms with van der Waals surface area (Å²) in [6.07, 6.45) is 4.57. The molecule has 8 nitrogen and oxygen atoms in total. The van der Waals surface area contributed by atoms with Crippen molar-refractivity contribution in [1.29, 1.82) is 0 Å². The number of urea groups is 1. The van der Waals surface area contributed by atoms with Gasteiger partial charge in [-0.15, -0.1) is 0 Å². The van der Waals surface area contributed by atoms with E-state index in [-0.39, 0.29) is 18.0 Å². The number of piperidine rings is 2. The molecule has 0 saturated carbocycles. The van der Waals surface area contributed by atoms with Gasteiger partial charge in [0.05, 0.1) is 12.6 Å². The number of amides is 3. The molecule has 3 aliphatic heterocycles. The van der Waals surface area contributed by atoms with E-state index in [1.165, 1.54) is 17.7 Å². The van der Waals surface area contributed by atoms with Crippen molar-refractivity contribution in [3.8, 4) is 0 Å². The van der Waals surface area contributed by atoms with Crippen molar-refractivity contribution in [2.75, 3.05) is 19.7 Å². The van der Waals surface area contributed by atoms with Gasteiger partial charge in [0.2, 0.25) is 0 Å². The summed E-state index contributed by atoms with van der Waals surface area (Å²) in [5, 5.41) is 13.7. The number of hydroxylamine groups is 3. The number of hydrogen-bond donors (Lipinski definition) is 3. The summed E-state index contributed by atoms with van der Waals surface area (Å²) in [6, 6.07) is -0.957. The Morgan fingerprint density at radius 2 is 2.24 bits per heavy atom. The van der Waals surface area contributed by atoms with Gasteiger partial charge in [-0.2, -0.15) is 0 Å². The summed E-state index contributed by atoms with van der Waals surface area (Å²) in [4.78, 5) is 30.6. The van der Waals surface area contributed by atoms with Crippen LogP contribution in [0.25, 0.3) is 0 Å². The molecule has 118 valence electrons. The second-order valence-corrected chi connectivity index (χ2v) is 5.95. The smallest absolute Gasteiger partial charge is 0.312 e. The van der Waals surface area contributed by atoms with E-state index in [1.54, 1.807) is 0 Å². The van der Waals surface area contributed by atoms with E-state index in [0.717, 1.165) is 18.0 Å². The topological polar surface area (TPSA) is 94.1 Å². The highest BCUT2D eigenvalue weighted by molar-refractivity contribution is 5.87. The number of nitrogens with zero attached hydrogens (tertiary/aromatic N) is 2. The van der Waals surface area contributed by atoms with Crippen molar-refractivity contribution in [3.63, 3.8) is 0 Å². The minimum absolute atomic E-state index is 0.186. The quantitative estimate of drug-likeness (QED) is 0.495. The predicted molar refractivity (Wildman–Crippen MR) is 72.3 cm³/mol. The minimum Gasteiger partial charge on any atom is -0.312 e. The number of hydrogen-bond acceptors (Lipinski definition) is 5. The maximum atomic E-state index is 12.1. The third-order valence-corrected chi connectivity index (χ3v) is 4.52. The van der Waals surface area contributed by atoms with Crippen LogP contribution in [0, 0.1) is 0 Å². The number of fused-ring (bicyclic) bond motifs is 2. The van der Waals surface area contributed by atoms with E-state index in [0.29, 0.717) is 26.0 Å². The Labute approximate surface area is 123 Å². The van der Waals surface area contributed by atoms with Crippen LogP contribution in [-0.4, -0.2) is 64.9 Å². The third-order valence-electron chi connectivity index (χ3n) is 4.52. The van der Waals surface area contributed by atoms with E-state index in [1.807, 2.05) is 0 Å². The lowest BCUT2D eigenvalue weighted by molar-refractivity contribution is -0.139. The molecule has 0 aromatic rings. The van der Waals surface area contributed by atoms with Gasteiger partial charge < -0.3 is 10.2 Å². The van der Waals surface area contributed by atoms with Crippen molar-refractivity contribution in [1.82, 2.24) is 20.8 Å². The Bertz CT molecular complexity index is 413. The van der Waals surface area contributed by atoms with Crippen molar-refractivity contribution < 1.29 is 19.6 Å². The highest BCUT2D eigenvalue weighted by atomic mass is 16.7. The van der Waals surface area contributed by atoms with Crippen LogP contribution in [0.5, 0.6) is 0 Å². The first-order valence-corrected chi connectivity index (χ1v) is 7.60. The zero-order chi connectivity index (χ0) is 14.8. The summed E-state index contributed by atoms with van der Waals surface area (Å²) in [7, 11) is 0. The first-order chi connectivity index (χ1) is 10.2. The van der Waals surface area contributed by atoms with Crippen LogP contribution >= 0.6 is 0 Å². The second-order valence-electron chi connectivity index (χ2n) is 5.95. The predicted octanol–water partition coefficient (Wildman–Crippen LogP) is -0.166. The van der Waals surface area contributed by atoms with Gasteiger partial charge in [0.1, 0.15) is 6.04 Å². The molecule has 3 amide bonds. The first kappa shape index (κ1) is 14.6. The highest BCUT2D eigenvalue weighted by Crippen LogP contribution is 2.28. The fraction of sp³-hybridized carbons (Fsp3) is 0.846. The molecule has 2 unspecified atom stereocenters. The van der Waals surface area contributed by atoms with Crippen LogP contribution in [-0.2, 0) is 9.63 Å². The lowest BCUT2D eigenvalue weighted by atomic mass is 10.0. The minimum atomic E-state index is -0.551. The Hall–Kier alpha value is -1.38. The fourth-order valence-corrected chi connectivity index (χ4v) is 3.27. The molecule has 3 fully saturated rings. The van der Waals surface area contributed by atoms with E-state index >= 15 is 0 Å². The lowest BCUT2D eigenvalue weighted by Crippen LogP contribution is -2.50. The Morgan fingerprint density at radius 1 is 1.38 bits per heavy atom. The lowest BCUT2D eigenvalue weighted by Gasteiger charge is -2.29. The SMILES string of the molecule is O=C(NOC[C@@H]1CCCCN1)C1CCC2CN1C(=O)N2O. The van der Waals surface area contributed by atoms with Gasteiger partial charge in [-0.25, -0.2) is 15.3 Å². The van der Waals surface area contributed by atoms with E-state index in [4.69, 9.17) is 4.84 Å². The molecule has 3 N–H and O–H groups in total. The van der Waals surface area contributed by atoms with Crippen LogP contribution in [0.3, 0.4) is 0 Å². The van der Waals surface area contributed by atoms with Gasteiger partial charge in [-0.1, -0.05) is 6.42 Å². The normalized spacial score (nSPS) is 32.4. The van der Waals surface area contributed by atoms with Crippen LogP contribution in [0.1, 0.15) is 32.1 Å². The maximum absolute atomic E-state index is 12.1. The third kappa shape index (κ3) is 2.97. The second kappa shape index (κ2) is 6.17. The molecule has 2 bridgehead atoms. The molecule has 3 rings (SSSR count). The summed E-state index contributed by atoms with van der Waals surface area (Å²) in [6.45, 7) is 1.82. The van der Waals surface area contributed by atoms with Crippen LogP contribution in [0.4, 0.5) is 4.79 Å². The first-order valence-electron chi connectivity index (χ1n) is 7.60. The van der Waals surface area contributed by atoms with Gasteiger partial charge in [-0.3, -0.25) is 14.8 Å². The molecule has 0 aliphatic carbocycles. The van der Waals surface area contributed by atoms with E-state index in [2.05, 4.69) is 10.8 Å². The van der Waals surface area contributed by atoms with Crippen LogP contribution in [0.15, 0.2) is 0 Å². The molecule has 8 heteroatoms. The van der Waals surface area contributed by atoms with E-state index in [9.17, 15) is 14.8 Å². The van der Waals surface area contributed by atoms with Crippen molar-refractivity contribution in [2.24, 2.45) is 0 Å². The number of carbonyl (C=O) groups is 2. The number of nitrogens with one attached hydrogen (secondary N) is 2. The summed E-state index contributed by atoms with van der Waals surface area (Å²) in [5.41, 5.74) is 2.44. The van der Waals surface area contributed by atoms with Gasteiger partial charge in [0, 0.05) is 12.6 Å². The molecule has 3 saturated heterocycles. The standard InChI is InChI=1S/C13H22N4O4/c18-12(15-21-8-9-3-1-2-6-14-9)11-5-4-10-7-16(11)13(19)17(10)20/h9-11,14,20H,1-8H2,(H,15,18)/t9-,10?,11?/m0/s1. The van der Waals surface area contributed by atoms with Gasteiger partial charge in [0.25, 0.3) is 5.91 Å². The highest BCUT2D eigenvalue weighted by Gasteiger charge is 2.46. The molecule has 3 atom stereocenters. The fourth-order valence-electron chi connectivity index (χ4n) is 3.27. The number of rotatable bonds is 4. The summed E-state index contributed by atoms with van der Waals surface area (Å²) in [5.74, 6) is -0.312. The molecule has 0 aromatic carbocycles. The zero-order valence-corrected chi connectivity index (χ0v) is 12.0. The molecule has 0 aromatic heterocycles. The Morgan fingerprint density at radius 3 is 3.00 bits per heavy atom. The summed E-state index contributed by atoms with van der Waals surface area (Å²) < 4.78 is 0. The van der Waals surface area contributed by atoms with Gasteiger partial charge in [-0.05, 0) is 32.2 Å². The van der Waals surface area contributed by atoms with Gasteiger partial charge in [0.15, 0.2) is 0 Å². The van der Waals surface area contributed by atoms with Crippen LogP contribution in [0.2, 0.25) is 0 Å². The Kier molecular flexibility index (Phi) is 4.27. The average molecular weight is 298 g/mol. The zero-order valence-electron chi connectivity index (χ0n) is 12.0.